The van der Waals surface area contributed by atoms with Crippen LogP contribution in [0.1, 0.15) is 31.2 Å². The van der Waals surface area contributed by atoms with Crippen molar-refractivity contribution in [1.82, 2.24) is 9.97 Å². The number of thioether (sulfide) groups is 1. The van der Waals surface area contributed by atoms with Gasteiger partial charge in [0.1, 0.15) is 17.5 Å². The van der Waals surface area contributed by atoms with Crippen LogP contribution in [0.15, 0.2) is 0 Å². The van der Waals surface area contributed by atoms with Crippen molar-refractivity contribution >= 4 is 23.4 Å². The van der Waals surface area contributed by atoms with Crippen LogP contribution in [-0.4, -0.2) is 46.3 Å². The monoisotopic (exact) mass is 298 g/mol. The van der Waals surface area contributed by atoms with Crippen molar-refractivity contribution in [2.45, 2.75) is 33.6 Å². The highest BCUT2D eigenvalue weighted by molar-refractivity contribution is 7.99. The van der Waals surface area contributed by atoms with Gasteiger partial charge < -0.3 is 15.7 Å². The average Bonchev–Trinajstić information content (AvgIpc) is 2.44. The predicted molar refractivity (Wildman–Crippen MR) is 87.8 cm³/mol. The summed E-state index contributed by atoms with van der Waals surface area (Å²) in [6.45, 7) is 8.17. The van der Waals surface area contributed by atoms with Crippen LogP contribution in [0.5, 0.6) is 0 Å². The van der Waals surface area contributed by atoms with E-state index >= 15 is 0 Å². The summed E-state index contributed by atoms with van der Waals surface area (Å²) in [4.78, 5) is 8.91. The van der Waals surface area contributed by atoms with Gasteiger partial charge in [0.05, 0.1) is 0 Å². The van der Waals surface area contributed by atoms with Gasteiger partial charge in [-0.05, 0) is 32.4 Å². The number of hydrogen-bond acceptors (Lipinski definition) is 6. The molecular weight excluding hydrogens is 272 g/mol. The van der Waals surface area contributed by atoms with Crippen LogP contribution in [0.3, 0.4) is 0 Å². The molecule has 0 aromatic carbocycles. The van der Waals surface area contributed by atoms with Gasteiger partial charge in [0.2, 0.25) is 0 Å². The van der Waals surface area contributed by atoms with Crippen molar-refractivity contribution in [3.63, 3.8) is 0 Å². The molecule has 0 saturated heterocycles. The number of aliphatic hydroxyl groups is 1. The minimum Gasteiger partial charge on any atom is -0.396 e. The summed E-state index contributed by atoms with van der Waals surface area (Å²) in [5.74, 6) is 4.64. The van der Waals surface area contributed by atoms with Crippen LogP contribution in [0.4, 0.5) is 11.6 Å². The maximum absolute atomic E-state index is 8.72. The Hall–Kier alpha value is -1.01. The van der Waals surface area contributed by atoms with Crippen LogP contribution < -0.4 is 10.6 Å². The summed E-state index contributed by atoms with van der Waals surface area (Å²) in [6, 6.07) is 0. The molecule has 1 rings (SSSR count). The molecule has 0 fully saturated rings. The number of aromatic nitrogens is 2. The maximum atomic E-state index is 8.72. The maximum Gasteiger partial charge on any atom is 0.134 e. The number of nitrogens with zero attached hydrogens (tertiary/aromatic N) is 2. The summed E-state index contributed by atoms with van der Waals surface area (Å²) < 4.78 is 0. The zero-order valence-electron chi connectivity index (χ0n) is 12.7. The minimum atomic E-state index is 0.275. The Morgan fingerprint density at radius 2 is 1.70 bits per heavy atom. The normalized spacial score (nSPS) is 10.6. The van der Waals surface area contributed by atoms with Crippen LogP contribution in [0.2, 0.25) is 0 Å². The van der Waals surface area contributed by atoms with Gasteiger partial charge in [-0.2, -0.15) is 11.8 Å². The summed E-state index contributed by atoms with van der Waals surface area (Å²) >= 11 is 1.84. The molecule has 1 aromatic rings. The third-order valence-corrected chi connectivity index (χ3v) is 3.86. The van der Waals surface area contributed by atoms with Gasteiger partial charge in [-0.25, -0.2) is 9.97 Å². The molecule has 1 aromatic heterocycles. The Morgan fingerprint density at radius 3 is 2.30 bits per heavy atom. The van der Waals surface area contributed by atoms with E-state index in [-0.39, 0.29) is 6.61 Å². The molecule has 114 valence electrons. The highest BCUT2D eigenvalue weighted by Gasteiger charge is 2.08. The first-order valence-electron chi connectivity index (χ1n) is 7.20. The van der Waals surface area contributed by atoms with E-state index in [1.54, 1.807) is 0 Å². The molecule has 0 amide bonds. The predicted octanol–water partition coefficient (Wildman–Crippen LogP) is 2.44. The largest absolute Gasteiger partial charge is 0.396 e. The molecule has 5 nitrogen and oxygen atoms in total. The number of aliphatic hydroxyl groups excluding tert-OH is 1. The zero-order chi connectivity index (χ0) is 14.8. The van der Waals surface area contributed by atoms with E-state index in [1.165, 1.54) is 0 Å². The Morgan fingerprint density at radius 1 is 1.05 bits per heavy atom. The molecule has 0 aliphatic heterocycles. The van der Waals surface area contributed by atoms with Gasteiger partial charge in [-0.15, -0.1) is 0 Å². The first kappa shape index (κ1) is 17.0. The SMILES string of the molecule is CCCNc1nc(C)nc(NCCSCCCO)c1C. The van der Waals surface area contributed by atoms with E-state index in [4.69, 9.17) is 5.11 Å². The molecule has 0 atom stereocenters. The van der Waals surface area contributed by atoms with Crippen molar-refractivity contribution in [3.8, 4) is 0 Å². The fourth-order valence-corrected chi connectivity index (χ4v) is 2.51. The first-order valence-corrected chi connectivity index (χ1v) is 8.36. The zero-order valence-corrected chi connectivity index (χ0v) is 13.5. The van der Waals surface area contributed by atoms with E-state index in [0.29, 0.717) is 0 Å². The minimum absolute atomic E-state index is 0.275. The summed E-state index contributed by atoms with van der Waals surface area (Å²) in [7, 11) is 0. The van der Waals surface area contributed by atoms with E-state index in [2.05, 4.69) is 27.5 Å². The number of aryl methyl sites for hydroxylation is 1. The van der Waals surface area contributed by atoms with Crippen LogP contribution >= 0.6 is 11.8 Å². The summed E-state index contributed by atoms with van der Waals surface area (Å²) in [6.07, 6.45) is 1.94. The van der Waals surface area contributed by atoms with Gasteiger partial charge in [-0.3, -0.25) is 0 Å². The van der Waals surface area contributed by atoms with Gasteiger partial charge >= 0.3 is 0 Å². The lowest BCUT2D eigenvalue weighted by Gasteiger charge is -2.13. The Bertz CT molecular complexity index is 401. The molecule has 0 radical (unpaired) electrons. The lowest BCUT2D eigenvalue weighted by atomic mass is 10.3. The third kappa shape index (κ3) is 5.96. The van der Waals surface area contributed by atoms with Crippen LogP contribution in [0, 0.1) is 13.8 Å². The van der Waals surface area contributed by atoms with Crippen LogP contribution in [0.25, 0.3) is 0 Å². The second-order valence-electron chi connectivity index (χ2n) is 4.64. The van der Waals surface area contributed by atoms with E-state index < -0.39 is 0 Å². The Balaban J connectivity index is 2.49. The highest BCUT2D eigenvalue weighted by Crippen LogP contribution is 2.19. The summed E-state index contributed by atoms with van der Waals surface area (Å²) in [5.41, 5.74) is 1.07. The van der Waals surface area contributed by atoms with Crippen molar-refractivity contribution < 1.29 is 5.11 Å². The quantitative estimate of drug-likeness (QED) is 0.576. The number of nitrogens with one attached hydrogen (secondary N) is 2. The standard InChI is InChI=1S/C14H26N4OS/c1-4-6-15-13-11(2)14(18-12(3)17-13)16-7-10-20-9-5-8-19/h19H,4-10H2,1-3H3,(H2,15,16,17,18). The first-order chi connectivity index (χ1) is 9.69. The van der Waals surface area contributed by atoms with Crippen molar-refractivity contribution in [3.05, 3.63) is 11.4 Å². The molecule has 0 aliphatic rings. The smallest absolute Gasteiger partial charge is 0.134 e. The van der Waals surface area contributed by atoms with Gasteiger partial charge in [0, 0.05) is 31.0 Å². The second-order valence-corrected chi connectivity index (χ2v) is 5.86. The Kier molecular flexibility index (Phi) is 8.37. The topological polar surface area (TPSA) is 70.1 Å². The van der Waals surface area contributed by atoms with E-state index in [9.17, 15) is 0 Å². The van der Waals surface area contributed by atoms with Gasteiger partial charge in [0.15, 0.2) is 0 Å². The van der Waals surface area contributed by atoms with Crippen molar-refractivity contribution in [2.24, 2.45) is 0 Å². The fourth-order valence-electron chi connectivity index (χ4n) is 1.73. The molecule has 0 unspecified atom stereocenters. The Labute approximate surface area is 126 Å². The van der Waals surface area contributed by atoms with Crippen LogP contribution in [-0.2, 0) is 0 Å². The number of hydrogen-bond donors (Lipinski definition) is 3. The molecule has 0 spiro atoms. The molecular formula is C14H26N4OS. The lowest BCUT2D eigenvalue weighted by Crippen LogP contribution is -2.12. The molecule has 6 heteroatoms. The summed E-state index contributed by atoms with van der Waals surface area (Å²) in [5, 5.41) is 15.4. The van der Waals surface area contributed by atoms with E-state index in [0.717, 1.165) is 60.5 Å². The fraction of sp³-hybridized carbons (Fsp3) is 0.714. The molecule has 1 heterocycles. The molecule has 3 N–H and O–H groups in total. The second kappa shape index (κ2) is 9.83. The highest BCUT2D eigenvalue weighted by atomic mass is 32.2. The lowest BCUT2D eigenvalue weighted by molar-refractivity contribution is 0.296. The third-order valence-electron chi connectivity index (χ3n) is 2.79. The number of anilines is 2. The van der Waals surface area contributed by atoms with Crippen molar-refractivity contribution in [1.29, 1.82) is 0 Å². The molecule has 20 heavy (non-hydrogen) atoms. The average molecular weight is 298 g/mol. The van der Waals surface area contributed by atoms with Gasteiger partial charge in [0.25, 0.3) is 0 Å². The molecule has 0 bridgehead atoms. The molecule has 0 saturated carbocycles. The van der Waals surface area contributed by atoms with Gasteiger partial charge in [-0.1, -0.05) is 6.92 Å². The van der Waals surface area contributed by atoms with E-state index in [1.807, 2.05) is 25.6 Å². The van der Waals surface area contributed by atoms with Crippen molar-refractivity contribution in [2.75, 3.05) is 41.8 Å². The molecule has 0 aliphatic carbocycles. The number of rotatable bonds is 10.